The molecule has 0 aromatic carbocycles. The Morgan fingerprint density at radius 1 is 1.57 bits per heavy atom. The summed E-state index contributed by atoms with van der Waals surface area (Å²) < 4.78 is 5.65. The maximum absolute atomic E-state index is 5.65. The third kappa shape index (κ3) is 1.98. The van der Waals surface area contributed by atoms with E-state index in [4.69, 9.17) is 4.74 Å². The van der Waals surface area contributed by atoms with E-state index in [1.54, 1.807) is 7.11 Å². The number of ether oxygens (including phenoxy) is 1. The lowest BCUT2D eigenvalue weighted by Gasteiger charge is -2.41. The molecule has 1 unspecified atom stereocenters. The first-order chi connectivity index (χ1) is 6.46. The van der Waals surface area contributed by atoms with E-state index >= 15 is 0 Å². The monoisotopic (exact) mass is 192 g/mol. The SMILES string of the molecule is C=CCC1(OC)CC(C)(C)C=CC1=C. The Kier molecular flexibility index (Phi) is 3.01. The summed E-state index contributed by atoms with van der Waals surface area (Å²) in [6, 6.07) is 0. The van der Waals surface area contributed by atoms with Crippen molar-refractivity contribution in [1.82, 2.24) is 0 Å². The second-order valence-electron chi connectivity index (χ2n) is 4.72. The van der Waals surface area contributed by atoms with Crippen molar-refractivity contribution in [2.45, 2.75) is 32.3 Å². The molecule has 0 spiro atoms. The molecule has 0 saturated carbocycles. The van der Waals surface area contributed by atoms with Crippen LogP contribution in [0, 0.1) is 5.41 Å². The van der Waals surface area contributed by atoms with Crippen LogP contribution in [0.1, 0.15) is 26.7 Å². The molecule has 0 N–H and O–H groups in total. The highest BCUT2D eigenvalue weighted by molar-refractivity contribution is 5.33. The molecule has 1 aliphatic rings. The van der Waals surface area contributed by atoms with Crippen molar-refractivity contribution >= 4 is 0 Å². The van der Waals surface area contributed by atoms with Crippen LogP contribution < -0.4 is 0 Å². The van der Waals surface area contributed by atoms with Crippen LogP contribution in [-0.4, -0.2) is 12.7 Å². The largest absolute Gasteiger partial charge is 0.373 e. The lowest BCUT2D eigenvalue weighted by molar-refractivity contribution is -0.00362. The zero-order valence-electron chi connectivity index (χ0n) is 9.47. The van der Waals surface area contributed by atoms with Gasteiger partial charge in [0.2, 0.25) is 0 Å². The van der Waals surface area contributed by atoms with E-state index in [9.17, 15) is 0 Å². The number of methoxy groups -OCH3 is 1. The highest BCUT2D eigenvalue weighted by Gasteiger charge is 2.39. The van der Waals surface area contributed by atoms with Gasteiger partial charge in [0.15, 0.2) is 0 Å². The topological polar surface area (TPSA) is 9.23 Å². The van der Waals surface area contributed by atoms with Gasteiger partial charge < -0.3 is 4.74 Å². The molecule has 1 rings (SSSR count). The van der Waals surface area contributed by atoms with E-state index in [0.717, 1.165) is 18.4 Å². The van der Waals surface area contributed by atoms with Crippen LogP contribution in [0.2, 0.25) is 0 Å². The van der Waals surface area contributed by atoms with Gasteiger partial charge in [0.1, 0.15) is 0 Å². The predicted octanol–water partition coefficient (Wildman–Crippen LogP) is 3.49. The fourth-order valence-corrected chi connectivity index (χ4v) is 2.11. The lowest BCUT2D eigenvalue weighted by Crippen LogP contribution is -2.39. The number of hydrogen-bond donors (Lipinski definition) is 0. The third-order valence-corrected chi connectivity index (χ3v) is 2.93. The standard InChI is InChI=1S/C13H20O/c1-6-8-13(14-5)10-12(3,4)9-7-11(13)2/h6-7,9H,1-2,8,10H2,3-5H3. The molecule has 0 saturated heterocycles. The normalized spacial score (nSPS) is 30.4. The van der Waals surface area contributed by atoms with Crippen molar-refractivity contribution < 1.29 is 4.74 Å². The lowest BCUT2D eigenvalue weighted by atomic mass is 9.71. The zero-order chi connectivity index (χ0) is 10.8. The average molecular weight is 192 g/mol. The van der Waals surface area contributed by atoms with Gasteiger partial charge in [0.05, 0.1) is 5.60 Å². The second-order valence-corrected chi connectivity index (χ2v) is 4.72. The Morgan fingerprint density at radius 3 is 2.71 bits per heavy atom. The highest BCUT2D eigenvalue weighted by atomic mass is 16.5. The van der Waals surface area contributed by atoms with Crippen LogP contribution >= 0.6 is 0 Å². The molecule has 14 heavy (non-hydrogen) atoms. The summed E-state index contributed by atoms with van der Waals surface area (Å²) in [5.74, 6) is 0. The van der Waals surface area contributed by atoms with Gasteiger partial charge in [-0.25, -0.2) is 0 Å². The molecule has 0 fully saturated rings. The maximum atomic E-state index is 5.65. The summed E-state index contributed by atoms with van der Waals surface area (Å²) in [6.07, 6.45) is 7.99. The van der Waals surface area contributed by atoms with Gasteiger partial charge in [0, 0.05) is 7.11 Å². The summed E-state index contributed by atoms with van der Waals surface area (Å²) in [7, 11) is 1.75. The summed E-state index contributed by atoms with van der Waals surface area (Å²) in [4.78, 5) is 0. The highest BCUT2D eigenvalue weighted by Crippen LogP contribution is 2.42. The predicted molar refractivity (Wildman–Crippen MR) is 61.2 cm³/mol. The molecule has 0 bridgehead atoms. The van der Waals surface area contributed by atoms with E-state index in [2.05, 4.69) is 39.2 Å². The number of rotatable bonds is 3. The molecule has 0 heterocycles. The van der Waals surface area contributed by atoms with Crippen molar-refractivity contribution in [3.05, 3.63) is 37.0 Å². The Hall–Kier alpha value is -0.820. The van der Waals surface area contributed by atoms with E-state index in [1.807, 2.05) is 6.08 Å². The third-order valence-electron chi connectivity index (χ3n) is 2.93. The molecule has 1 heteroatoms. The summed E-state index contributed by atoms with van der Waals surface area (Å²) in [6.45, 7) is 12.3. The quantitative estimate of drug-likeness (QED) is 0.622. The van der Waals surface area contributed by atoms with Crippen molar-refractivity contribution in [2.75, 3.05) is 7.11 Å². The van der Waals surface area contributed by atoms with E-state index in [1.165, 1.54) is 0 Å². The molecule has 1 aliphatic carbocycles. The van der Waals surface area contributed by atoms with Crippen molar-refractivity contribution in [1.29, 1.82) is 0 Å². The second kappa shape index (κ2) is 3.74. The Labute approximate surface area is 87.2 Å². The average Bonchev–Trinajstić information content (AvgIpc) is 2.11. The minimum absolute atomic E-state index is 0.181. The minimum atomic E-state index is -0.236. The molecule has 0 amide bonds. The Morgan fingerprint density at radius 2 is 2.21 bits per heavy atom. The van der Waals surface area contributed by atoms with Crippen LogP contribution in [0.15, 0.2) is 37.0 Å². The number of allylic oxidation sites excluding steroid dienone is 1. The first kappa shape index (κ1) is 11.3. The summed E-state index contributed by atoms with van der Waals surface area (Å²) >= 11 is 0. The van der Waals surface area contributed by atoms with Crippen molar-refractivity contribution in [3.63, 3.8) is 0 Å². The first-order valence-electron chi connectivity index (χ1n) is 5.00. The van der Waals surface area contributed by atoms with Gasteiger partial charge in [-0.15, -0.1) is 6.58 Å². The first-order valence-corrected chi connectivity index (χ1v) is 5.00. The number of hydrogen-bond acceptors (Lipinski definition) is 1. The molecule has 1 nitrogen and oxygen atoms in total. The maximum Gasteiger partial charge on any atom is 0.0963 e. The molecular formula is C13H20O. The Bertz CT molecular complexity index is 273. The minimum Gasteiger partial charge on any atom is -0.373 e. The van der Waals surface area contributed by atoms with Crippen LogP contribution in [0.25, 0.3) is 0 Å². The summed E-state index contributed by atoms with van der Waals surface area (Å²) in [5.41, 5.74) is 0.999. The molecule has 0 aromatic rings. The summed E-state index contributed by atoms with van der Waals surface area (Å²) in [5, 5.41) is 0. The molecule has 0 aromatic heterocycles. The van der Waals surface area contributed by atoms with Gasteiger partial charge in [-0.1, -0.05) is 38.7 Å². The molecule has 78 valence electrons. The molecule has 0 radical (unpaired) electrons. The van der Waals surface area contributed by atoms with Gasteiger partial charge >= 0.3 is 0 Å². The van der Waals surface area contributed by atoms with Crippen LogP contribution in [0.3, 0.4) is 0 Å². The molecular weight excluding hydrogens is 172 g/mol. The Balaban J connectivity index is 3.01. The van der Waals surface area contributed by atoms with E-state index < -0.39 is 0 Å². The van der Waals surface area contributed by atoms with Gasteiger partial charge in [-0.2, -0.15) is 0 Å². The van der Waals surface area contributed by atoms with Crippen molar-refractivity contribution in [3.8, 4) is 0 Å². The van der Waals surface area contributed by atoms with E-state index in [-0.39, 0.29) is 11.0 Å². The van der Waals surface area contributed by atoms with Crippen LogP contribution in [0.5, 0.6) is 0 Å². The molecule has 0 aliphatic heterocycles. The van der Waals surface area contributed by atoms with E-state index in [0.29, 0.717) is 0 Å². The fourth-order valence-electron chi connectivity index (χ4n) is 2.11. The fraction of sp³-hybridized carbons (Fsp3) is 0.538. The molecule has 1 atom stereocenters. The smallest absolute Gasteiger partial charge is 0.0963 e. The van der Waals surface area contributed by atoms with Gasteiger partial charge in [-0.3, -0.25) is 0 Å². The van der Waals surface area contributed by atoms with Gasteiger partial charge in [-0.05, 0) is 23.8 Å². The van der Waals surface area contributed by atoms with Crippen LogP contribution in [0.4, 0.5) is 0 Å². The zero-order valence-corrected chi connectivity index (χ0v) is 9.47. The van der Waals surface area contributed by atoms with Crippen molar-refractivity contribution in [2.24, 2.45) is 5.41 Å². The van der Waals surface area contributed by atoms with Crippen LogP contribution in [-0.2, 0) is 4.74 Å². The van der Waals surface area contributed by atoms with Gasteiger partial charge in [0.25, 0.3) is 0 Å².